The highest BCUT2D eigenvalue weighted by atomic mass is 19.4. The number of benzene rings is 2. The van der Waals surface area contributed by atoms with Crippen molar-refractivity contribution in [2.45, 2.75) is 20.0 Å². The molecule has 3 aromatic rings. The summed E-state index contributed by atoms with van der Waals surface area (Å²) in [5.41, 5.74) is 8.76. The van der Waals surface area contributed by atoms with E-state index in [0.717, 1.165) is 23.4 Å². The summed E-state index contributed by atoms with van der Waals surface area (Å²) in [5, 5.41) is 17.1. The van der Waals surface area contributed by atoms with Crippen LogP contribution in [0, 0.1) is 13.8 Å². The van der Waals surface area contributed by atoms with Crippen molar-refractivity contribution in [1.82, 2.24) is 9.78 Å². The third kappa shape index (κ3) is 6.40. The van der Waals surface area contributed by atoms with Crippen molar-refractivity contribution in [2.75, 3.05) is 35.4 Å². The molecule has 0 bridgehead atoms. The molecule has 0 saturated carbocycles. The van der Waals surface area contributed by atoms with Crippen LogP contribution in [0.4, 0.5) is 30.2 Å². The van der Waals surface area contributed by atoms with Crippen LogP contribution in [0.1, 0.15) is 32.7 Å². The summed E-state index contributed by atoms with van der Waals surface area (Å²) in [4.78, 5) is 14.5. The molecule has 9 nitrogen and oxygen atoms in total. The number of anilines is 3. The van der Waals surface area contributed by atoms with Crippen molar-refractivity contribution in [3.05, 3.63) is 76.7 Å². The molecule has 2 aromatic carbocycles. The standard InChI is InChI=1S/C25H30F3N7O2/c1-15-5-6-17(9-23(15)35(30)14-22(29)21-13-31-34(4)16(21)2)24(37)32-19-10-18(25(26,27)28)11-20(12-19)33(3)7-8-36/h5-6,9-14,36H,7-8,29-30H2,1-4H3,(H,32,37)/b22-14-. The average molecular weight is 518 g/mol. The summed E-state index contributed by atoms with van der Waals surface area (Å²) in [7, 11) is 3.34. The number of rotatable bonds is 8. The number of alkyl halides is 3. The van der Waals surface area contributed by atoms with Gasteiger partial charge in [0.1, 0.15) is 0 Å². The Morgan fingerprint density at radius 2 is 1.92 bits per heavy atom. The second-order valence-electron chi connectivity index (χ2n) is 8.63. The number of carbonyl (C=O) groups excluding carboxylic acids is 1. The van der Waals surface area contributed by atoms with E-state index < -0.39 is 17.6 Å². The van der Waals surface area contributed by atoms with Crippen LogP contribution in [0.25, 0.3) is 5.70 Å². The lowest BCUT2D eigenvalue weighted by atomic mass is 10.1. The highest BCUT2D eigenvalue weighted by Crippen LogP contribution is 2.34. The van der Waals surface area contributed by atoms with E-state index in [4.69, 9.17) is 16.7 Å². The Balaban J connectivity index is 1.90. The monoisotopic (exact) mass is 517 g/mol. The predicted molar refractivity (Wildman–Crippen MR) is 138 cm³/mol. The highest BCUT2D eigenvalue weighted by Gasteiger charge is 2.31. The van der Waals surface area contributed by atoms with Gasteiger partial charge in [0.05, 0.1) is 29.8 Å². The van der Waals surface area contributed by atoms with Crippen LogP contribution < -0.4 is 26.8 Å². The number of hydrazine groups is 1. The van der Waals surface area contributed by atoms with Gasteiger partial charge < -0.3 is 21.1 Å². The molecular formula is C25H30F3N7O2. The molecular weight excluding hydrogens is 487 g/mol. The Morgan fingerprint density at radius 1 is 1.22 bits per heavy atom. The number of aliphatic hydroxyl groups is 1. The lowest BCUT2D eigenvalue weighted by Gasteiger charge is -2.21. The molecule has 1 amide bonds. The number of aliphatic hydroxyl groups excluding tert-OH is 1. The molecule has 1 heterocycles. The Hall–Kier alpha value is -4.03. The van der Waals surface area contributed by atoms with Crippen LogP contribution in [-0.4, -0.2) is 41.0 Å². The molecule has 0 spiro atoms. The third-order valence-corrected chi connectivity index (χ3v) is 5.95. The smallest absolute Gasteiger partial charge is 0.397 e. The van der Waals surface area contributed by atoms with E-state index >= 15 is 0 Å². The fourth-order valence-electron chi connectivity index (χ4n) is 3.65. The summed E-state index contributed by atoms with van der Waals surface area (Å²) >= 11 is 0. The molecule has 0 radical (unpaired) electrons. The zero-order valence-corrected chi connectivity index (χ0v) is 21.0. The number of nitrogens with two attached hydrogens (primary N) is 2. The molecule has 3 rings (SSSR count). The molecule has 12 heteroatoms. The molecule has 198 valence electrons. The maximum atomic E-state index is 13.5. The molecule has 0 fully saturated rings. The van der Waals surface area contributed by atoms with Crippen LogP contribution in [0.2, 0.25) is 0 Å². The fraction of sp³-hybridized carbons (Fsp3) is 0.280. The van der Waals surface area contributed by atoms with Crippen LogP contribution in [0.3, 0.4) is 0 Å². The van der Waals surface area contributed by atoms with Gasteiger partial charge >= 0.3 is 6.18 Å². The first-order valence-electron chi connectivity index (χ1n) is 11.3. The van der Waals surface area contributed by atoms with Crippen molar-refractivity contribution in [3.63, 3.8) is 0 Å². The summed E-state index contributed by atoms with van der Waals surface area (Å²) < 4.78 is 42.1. The van der Waals surface area contributed by atoms with Gasteiger partial charge in [0.15, 0.2) is 0 Å². The average Bonchev–Trinajstić information content (AvgIpc) is 3.16. The van der Waals surface area contributed by atoms with Crippen molar-refractivity contribution < 1.29 is 23.1 Å². The van der Waals surface area contributed by atoms with Gasteiger partial charge in [-0.3, -0.25) is 14.5 Å². The van der Waals surface area contributed by atoms with Gasteiger partial charge in [-0.15, -0.1) is 0 Å². The molecule has 0 unspecified atom stereocenters. The van der Waals surface area contributed by atoms with E-state index in [9.17, 15) is 18.0 Å². The number of nitrogens with one attached hydrogen (secondary N) is 1. The maximum absolute atomic E-state index is 13.5. The van der Waals surface area contributed by atoms with Crippen molar-refractivity contribution in [2.24, 2.45) is 18.6 Å². The summed E-state index contributed by atoms with van der Waals surface area (Å²) in [6.45, 7) is 3.54. The third-order valence-electron chi connectivity index (χ3n) is 5.95. The topological polar surface area (TPSA) is 126 Å². The molecule has 0 aliphatic heterocycles. The molecule has 0 atom stereocenters. The maximum Gasteiger partial charge on any atom is 0.416 e. The number of aromatic nitrogens is 2. The zero-order chi connectivity index (χ0) is 27.5. The quantitative estimate of drug-likeness (QED) is 0.267. The molecule has 0 aliphatic rings. The number of amides is 1. The van der Waals surface area contributed by atoms with Gasteiger partial charge in [-0.05, 0) is 49.7 Å². The Morgan fingerprint density at radius 3 is 2.51 bits per heavy atom. The number of carbonyl (C=O) groups is 1. The molecule has 6 N–H and O–H groups in total. The summed E-state index contributed by atoms with van der Waals surface area (Å²) in [5.74, 6) is 5.61. The number of likely N-dealkylation sites (N-methyl/N-ethyl adjacent to an activating group) is 1. The van der Waals surface area contributed by atoms with Crippen LogP contribution in [-0.2, 0) is 13.2 Å². The van der Waals surface area contributed by atoms with Gasteiger partial charge in [0.2, 0.25) is 0 Å². The Bertz CT molecular complexity index is 1320. The lowest BCUT2D eigenvalue weighted by Crippen LogP contribution is -2.27. The van der Waals surface area contributed by atoms with Crippen LogP contribution >= 0.6 is 0 Å². The summed E-state index contributed by atoms with van der Waals surface area (Å²) in [6.07, 6.45) is -1.50. The van der Waals surface area contributed by atoms with E-state index in [-0.39, 0.29) is 30.1 Å². The normalized spacial score (nSPS) is 12.0. The van der Waals surface area contributed by atoms with E-state index in [1.54, 1.807) is 44.0 Å². The Kier molecular flexibility index (Phi) is 8.14. The second kappa shape index (κ2) is 10.9. The SMILES string of the molecule is Cc1ccc(C(=O)Nc2cc(N(C)CCO)cc(C(F)(F)F)c2)cc1N(N)/C=C(\N)c1cnn(C)c1C. The van der Waals surface area contributed by atoms with Crippen molar-refractivity contribution >= 4 is 28.7 Å². The number of aryl methyl sites for hydroxylation is 2. The van der Waals surface area contributed by atoms with Gasteiger partial charge in [-0.1, -0.05) is 6.07 Å². The zero-order valence-electron chi connectivity index (χ0n) is 21.0. The highest BCUT2D eigenvalue weighted by molar-refractivity contribution is 6.05. The van der Waals surface area contributed by atoms with Crippen LogP contribution in [0.15, 0.2) is 48.8 Å². The largest absolute Gasteiger partial charge is 0.416 e. The number of halogens is 3. The molecule has 1 aromatic heterocycles. The minimum Gasteiger partial charge on any atom is -0.397 e. The summed E-state index contributed by atoms with van der Waals surface area (Å²) in [6, 6.07) is 7.98. The van der Waals surface area contributed by atoms with E-state index in [0.29, 0.717) is 16.9 Å². The second-order valence-corrected chi connectivity index (χ2v) is 8.63. The van der Waals surface area contributed by atoms with E-state index in [2.05, 4.69) is 10.4 Å². The lowest BCUT2D eigenvalue weighted by molar-refractivity contribution is -0.137. The number of hydrogen-bond donors (Lipinski definition) is 4. The fourth-order valence-corrected chi connectivity index (χ4v) is 3.65. The van der Waals surface area contributed by atoms with Crippen molar-refractivity contribution in [3.8, 4) is 0 Å². The van der Waals surface area contributed by atoms with Crippen molar-refractivity contribution in [1.29, 1.82) is 0 Å². The van der Waals surface area contributed by atoms with Gasteiger partial charge in [-0.2, -0.15) is 18.3 Å². The predicted octanol–water partition coefficient (Wildman–Crippen LogP) is 3.37. The molecule has 0 aliphatic carbocycles. The van der Waals surface area contributed by atoms with Gasteiger partial charge in [0.25, 0.3) is 5.91 Å². The first-order valence-corrected chi connectivity index (χ1v) is 11.3. The molecule has 37 heavy (non-hydrogen) atoms. The Labute approximate surface area is 212 Å². The van der Waals surface area contributed by atoms with E-state index in [1.165, 1.54) is 28.2 Å². The molecule has 0 saturated heterocycles. The first-order chi connectivity index (χ1) is 17.3. The van der Waals surface area contributed by atoms with Crippen LogP contribution in [0.5, 0.6) is 0 Å². The van der Waals surface area contributed by atoms with E-state index in [1.807, 2.05) is 6.92 Å². The number of hydrogen-bond acceptors (Lipinski definition) is 7. The minimum absolute atomic E-state index is 0.0393. The number of nitrogens with zero attached hydrogens (tertiary/aromatic N) is 4. The first kappa shape index (κ1) is 27.6. The van der Waals surface area contributed by atoms with Gasteiger partial charge in [0, 0.05) is 55.0 Å². The van der Waals surface area contributed by atoms with Gasteiger partial charge in [-0.25, -0.2) is 5.84 Å². The minimum atomic E-state index is -4.62.